The van der Waals surface area contributed by atoms with Gasteiger partial charge in [-0.2, -0.15) is 0 Å². The van der Waals surface area contributed by atoms with E-state index in [9.17, 15) is 4.79 Å². The molecule has 0 spiro atoms. The first-order valence-electron chi connectivity index (χ1n) is 8.93. The molecule has 140 valence electrons. The van der Waals surface area contributed by atoms with Crippen LogP contribution < -0.4 is 10.2 Å². The molecule has 1 heterocycles. The van der Waals surface area contributed by atoms with Gasteiger partial charge in [-0.3, -0.25) is 4.79 Å². The second kappa shape index (κ2) is 9.57. The molecule has 5 nitrogen and oxygen atoms in total. The molecule has 1 aromatic heterocycles. The monoisotopic (exact) mass is 372 g/mol. The van der Waals surface area contributed by atoms with E-state index in [0.717, 1.165) is 30.0 Å². The van der Waals surface area contributed by atoms with Crippen LogP contribution in [0.1, 0.15) is 29.4 Å². The molecule has 0 saturated heterocycles. The Morgan fingerprint density at radius 2 is 1.85 bits per heavy atom. The Bertz CT molecular complexity index is 740. The van der Waals surface area contributed by atoms with Crippen molar-refractivity contribution >= 4 is 23.4 Å². The zero-order chi connectivity index (χ0) is 19.1. The molecule has 1 amide bonds. The predicted molar refractivity (Wildman–Crippen MR) is 109 cm³/mol. The lowest BCUT2D eigenvalue weighted by Gasteiger charge is -2.23. The molecule has 1 aromatic carbocycles. The highest BCUT2D eigenvalue weighted by molar-refractivity contribution is 7.99. The minimum Gasteiger partial charge on any atom is -0.370 e. The summed E-state index contributed by atoms with van der Waals surface area (Å²) in [7, 11) is 0. The fraction of sp³-hybridized carbons (Fsp3) is 0.450. The van der Waals surface area contributed by atoms with Crippen molar-refractivity contribution in [2.45, 2.75) is 39.8 Å². The summed E-state index contributed by atoms with van der Waals surface area (Å²) in [5.41, 5.74) is 5.48. The van der Waals surface area contributed by atoms with E-state index in [2.05, 4.69) is 58.3 Å². The minimum atomic E-state index is 0.00905. The first-order valence-corrected chi connectivity index (χ1v) is 9.92. The molecule has 0 fully saturated rings. The number of likely N-dealkylation sites (N-methyl/N-ethyl adjacent to an activating group) is 1. The van der Waals surface area contributed by atoms with Crippen LogP contribution in [-0.2, 0) is 4.79 Å². The summed E-state index contributed by atoms with van der Waals surface area (Å²) in [5.74, 6) is 0.341. The van der Waals surface area contributed by atoms with Crippen LogP contribution in [0.15, 0.2) is 29.4 Å². The Morgan fingerprint density at radius 3 is 2.46 bits per heavy atom. The Hall–Kier alpha value is -2.08. The maximum absolute atomic E-state index is 12.1. The van der Waals surface area contributed by atoms with Crippen LogP contribution in [0.5, 0.6) is 0 Å². The van der Waals surface area contributed by atoms with E-state index in [0.29, 0.717) is 17.5 Å². The van der Waals surface area contributed by atoms with Gasteiger partial charge in [0.2, 0.25) is 5.91 Å². The number of rotatable bonds is 8. The average Bonchev–Trinajstić information content (AvgIpc) is 2.61. The average molecular weight is 373 g/mol. The van der Waals surface area contributed by atoms with Gasteiger partial charge >= 0.3 is 0 Å². The van der Waals surface area contributed by atoms with Gasteiger partial charge in [-0.15, -0.1) is 0 Å². The van der Waals surface area contributed by atoms with Crippen LogP contribution in [0.4, 0.5) is 5.69 Å². The van der Waals surface area contributed by atoms with Gasteiger partial charge in [0.15, 0.2) is 5.16 Å². The summed E-state index contributed by atoms with van der Waals surface area (Å²) in [4.78, 5) is 23.2. The van der Waals surface area contributed by atoms with Crippen LogP contribution in [0.3, 0.4) is 0 Å². The number of hydrogen-bond donors (Lipinski definition) is 1. The van der Waals surface area contributed by atoms with Crippen LogP contribution in [0.2, 0.25) is 0 Å². The maximum atomic E-state index is 12.1. The van der Waals surface area contributed by atoms with Crippen molar-refractivity contribution in [3.05, 3.63) is 46.8 Å². The molecule has 0 unspecified atom stereocenters. The van der Waals surface area contributed by atoms with Gasteiger partial charge in [0.05, 0.1) is 5.75 Å². The van der Waals surface area contributed by atoms with Gasteiger partial charge in [0, 0.05) is 36.7 Å². The number of nitrogens with zero attached hydrogens (tertiary/aromatic N) is 3. The standard InChI is InChI=1S/C20H28N4OS/c1-6-24(18-9-7-8-14(2)12-18)11-10-21-19(25)13-26-20-22-16(4)15(3)17(5)23-20/h7-9,12H,6,10-11,13H2,1-5H3,(H,21,25). The lowest BCUT2D eigenvalue weighted by atomic mass is 10.2. The summed E-state index contributed by atoms with van der Waals surface area (Å²) in [6, 6.07) is 8.43. The molecule has 2 rings (SSSR count). The Kier molecular flexibility index (Phi) is 7.45. The Labute approximate surface area is 160 Å². The fourth-order valence-corrected chi connectivity index (χ4v) is 3.38. The largest absolute Gasteiger partial charge is 0.370 e. The number of carbonyl (C=O) groups excluding carboxylic acids is 1. The number of aryl methyl sites for hydroxylation is 3. The predicted octanol–water partition coefficient (Wildman–Crippen LogP) is 3.45. The molecule has 0 bridgehead atoms. The molecule has 0 aliphatic rings. The molecule has 0 aliphatic carbocycles. The van der Waals surface area contributed by atoms with E-state index in [1.807, 2.05) is 20.8 Å². The van der Waals surface area contributed by atoms with Crippen molar-refractivity contribution in [2.75, 3.05) is 30.3 Å². The topological polar surface area (TPSA) is 58.1 Å². The van der Waals surface area contributed by atoms with E-state index in [1.165, 1.54) is 23.0 Å². The lowest BCUT2D eigenvalue weighted by molar-refractivity contribution is -0.118. The highest BCUT2D eigenvalue weighted by atomic mass is 32.2. The Balaban J connectivity index is 1.79. The highest BCUT2D eigenvalue weighted by Gasteiger charge is 2.09. The van der Waals surface area contributed by atoms with Crippen molar-refractivity contribution in [3.8, 4) is 0 Å². The van der Waals surface area contributed by atoms with Gasteiger partial charge in [-0.05, 0) is 57.9 Å². The third-order valence-corrected chi connectivity index (χ3v) is 5.24. The van der Waals surface area contributed by atoms with Crippen molar-refractivity contribution < 1.29 is 4.79 Å². The zero-order valence-electron chi connectivity index (χ0n) is 16.3. The highest BCUT2D eigenvalue weighted by Crippen LogP contribution is 2.17. The second-order valence-corrected chi connectivity index (χ2v) is 7.30. The SMILES string of the molecule is CCN(CCNC(=O)CSc1nc(C)c(C)c(C)n1)c1cccc(C)c1. The summed E-state index contributed by atoms with van der Waals surface area (Å²) in [6.45, 7) is 12.5. The number of amides is 1. The number of nitrogens with one attached hydrogen (secondary N) is 1. The van der Waals surface area contributed by atoms with Gasteiger partial charge in [-0.1, -0.05) is 23.9 Å². The molecule has 26 heavy (non-hydrogen) atoms. The molecule has 1 N–H and O–H groups in total. The summed E-state index contributed by atoms with van der Waals surface area (Å²) < 4.78 is 0. The number of anilines is 1. The minimum absolute atomic E-state index is 0.00905. The van der Waals surface area contributed by atoms with E-state index >= 15 is 0 Å². The number of benzene rings is 1. The van der Waals surface area contributed by atoms with Gasteiger partial charge < -0.3 is 10.2 Å². The van der Waals surface area contributed by atoms with Crippen molar-refractivity contribution in [1.82, 2.24) is 15.3 Å². The van der Waals surface area contributed by atoms with E-state index in [1.54, 1.807) is 0 Å². The van der Waals surface area contributed by atoms with E-state index in [-0.39, 0.29) is 5.91 Å². The van der Waals surface area contributed by atoms with Crippen LogP contribution in [0.25, 0.3) is 0 Å². The molecule has 0 aliphatic heterocycles. The Morgan fingerprint density at radius 1 is 1.15 bits per heavy atom. The molecule has 0 atom stereocenters. The quantitative estimate of drug-likeness (QED) is 0.568. The van der Waals surface area contributed by atoms with Crippen molar-refractivity contribution in [2.24, 2.45) is 0 Å². The van der Waals surface area contributed by atoms with Gasteiger partial charge in [-0.25, -0.2) is 9.97 Å². The third-order valence-electron chi connectivity index (χ3n) is 4.40. The van der Waals surface area contributed by atoms with Crippen LogP contribution in [0, 0.1) is 27.7 Å². The third kappa shape index (κ3) is 5.73. The lowest BCUT2D eigenvalue weighted by Crippen LogP contribution is -2.35. The van der Waals surface area contributed by atoms with E-state index < -0.39 is 0 Å². The first-order chi connectivity index (χ1) is 12.4. The van der Waals surface area contributed by atoms with Crippen molar-refractivity contribution in [1.29, 1.82) is 0 Å². The van der Waals surface area contributed by atoms with Gasteiger partial charge in [0.25, 0.3) is 0 Å². The maximum Gasteiger partial charge on any atom is 0.230 e. The normalized spacial score (nSPS) is 10.7. The second-order valence-electron chi connectivity index (χ2n) is 6.36. The van der Waals surface area contributed by atoms with Gasteiger partial charge in [0.1, 0.15) is 0 Å². The number of hydrogen-bond acceptors (Lipinski definition) is 5. The number of aromatic nitrogens is 2. The summed E-state index contributed by atoms with van der Waals surface area (Å²) >= 11 is 1.38. The first kappa shape index (κ1) is 20.2. The zero-order valence-corrected chi connectivity index (χ0v) is 17.1. The van der Waals surface area contributed by atoms with E-state index in [4.69, 9.17) is 0 Å². The molecule has 6 heteroatoms. The van der Waals surface area contributed by atoms with Crippen molar-refractivity contribution in [3.63, 3.8) is 0 Å². The molecule has 0 radical (unpaired) electrons. The van der Waals surface area contributed by atoms with Crippen LogP contribution >= 0.6 is 11.8 Å². The summed E-state index contributed by atoms with van der Waals surface area (Å²) in [6.07, 6.45) is 0. The molecular weight excluding hydrogens is 344 g/mol. The molecular formula is C20H28N4OS. The fourth-order valence-electron chi connectivity index (χ4n) is 2.61. The molecule has 0 saturated carbocycles. The summed E-state index contributed by atoms with van der Waals surface area (Å²) in [5, 5.41) is 3.65. The smallest absolute Gasteiger partial charge is 0.230 e. The van der Waals surface area contributed by atoms with Crippen LogP contribution in [-0.4, -0.2) is 41.3 Å². The number of carbonyl (C=O) groups is 1. The number of thioether (sulfide) groups is 1. The molecule has 2 aromatic rings.